The monoisotopic (exact) mass is 434 g/mol. The number of halogens is 1. The molecule has 1 atom stereocenters. The van der Waals surface area contributed by atoms with Crippen LogP contribution in [0.5, 0.6) is 5.75 Å². The molecule has 0 bridgehead atoms. The van der Waals surface area contributed by atoms with E-state index < -0.39 is 17.7 Å². The summed E-state index contributed by atoms with van der Waals surface area (Å²) >= 11 is 6.12. The Balaban J connectivity index is 2.00. The average molecular weight is 435 g/mol. The normalized spacial score (nSPS) is 17.8. The molecule has 0 aliphatic carbocycles. The van der Waals surface area contributed by atoms with Gasteiger partial charge in [0.15, 0.2) is 0 Å². The van der Waals surface area contributed by atoms with Gasteiger partial charge >= 0.3 is 0 Å². The van der Waals surface area contributed by atoms with Crippen molar-refractivity contribution in [2.75, 3.05) is 12.0 Å². The summed E-state index contributed by atoms with van der Waals surface area (Å²) in [6.45, 7) is 1.85. The molecule has 1 aliphatic rings. The van der Waals surface area contributed by atoms with Crippen LogP contribution in [0.2, 0.25) is 5.02 Å². The lowest BCUT2D eigenvalue weighted by Gasteiger charge is -2.26. The summed E-state index contributed by atoms with van der Waals surface area (Å²) in [5, 5.41) is 11.6. The fourth-order valence-corrected chi connectivity index (χ4v) is 3.91. The number of carbonyl (C=O) groups excluding carboxylic acids is 2. The molecule has 1 aliphatic heterocycles. The van der Waals surface area contributed by atoms with Crippen molar-refractivity contribution in [2.24, 2.45) is 0 Å². The number of aromatic nitrogens is 1. The summed E-state index contributed by atoms with van der Waals surface area (Å²) in [5.41, 5.74) is 1.97. The Labute approximate surface area is 184 Å². The molecule has 1 saturated heterocycles. The Hall–Kier alpha value is -3.64. The number of ether oxygens (including phenoxy) is 1. The number of rotatable bonds is 4. The molecule has 6 nitrogen and oxygen atoms in total. The SMILES string of the molecule is COc1ccc(Cl)cc1/C(O)=C1\C(=O)C(=O)N(c2ccccc2C)C1c1ccccn1. The number of aliphatic hydroxyl groups is 1. The molecule has 2 aromatic carbocycles. The Kier molecular flexibility index (Phi) is 5.48. The lowest BCUT2D eigenvalue weighted by atomic mass is 9.97. The van der Waals surface area contributed by atoms with Gasteiger partial charge in [-0.15, -0.1) is 0 Å². The Morgan fingerprint density at radius 3 is 2.52 bits per heavy atom. The fraction of sp³-hybridized carbons (Fsp3) is 0.125. The first-order valence-electron chi connectivity index (χ1n) is 9.55. The third-order valence-electron chi connectivity index (χ3n) is 5.20. The van der Waals surface area contributed by atoms with E-state index in [1.165, 1.54) is 18.1 Å². The molecule has 31 heavy (non-hydrogen) atoms. The number of Topliss-reactive ketones (excluding diaryl/α,β-unsaturated/α-hetero) is 1. The number of methoxy groups -OCH3 is 1. The highest BCUT2D eigenvalue weighted by molar-refractivity contribution is 6.51. The van der Waals surface area contributed by atoms with E-state index >= 15 is 0 Å². The highest BCUT2D eigenvalue weighted by Gasteiger charge is 2.48. The van der Waals surface area contributed by atoms with E-state index in [1.54, 1.807) is 48.7 Å². The van der Waals surface area contributed by atoms with Crippen LogP contribution in [0.25, 0.3) is 5.76 Å². The van der Waals surface area contributed by atoms with Gasteiger partial charge in [-0.05, 0) is 48.9 Å². The van der Waals surface area contributed by atoms with Gasteiger partial charge < -0.3 is 9.84 Å². The number of aliphatic hydroxyl groups excluding tert-OH is 1. The molecular weight excluding hydrogens is 416 g/mol. The third-order valence-corrected chi connectivity index (χ3v) is 5.44. The standard InChI is InChI=1S/C24H19ClN2O4/c1-14-7-3-4-9-18(14)27-21(17-8-5-6-12-26-17)20(23(29)24(27)30)22(28)16-13-15(25)10-11-19(16)31-2/h3-13,21,28H,1-2H3/b22-20+. The van der Waals surface area contributed by atoms with E-state index in [4.69, 9.17) is 16.3 Å². The smallest absolute Gasteiger partial charge is 0.300 e. The molecule has 4 rings (SSSR count). The number of anilines is 1. The first-order valence-corrected chi connectivity index (χ1v) is 9.93. The van der Waals surface area contributed by atoms with Crippen LogP contribution < -0.4 is 9.64 Å². The second-order valence-corrected chi connectivity index (χ2v) is 7.49. The van der Waals surface area contributed by atoms with Gasteiger partial charge in [0.05, 0.1) is 23.9 Å². The molecule has 1 N–H and O–H groups in total. The molecule has 3 aromatic rings. The van der Waals surface area contributed by atoms with Crippen LogP contribution in [0.1, 0.15) is 22.9 Å². The van der Waals surface area contributed by atoms with Crippen molar-refractivity contribution in [3.63, 3.8) is 0 Å². The number of carbonyl (C=O) groups is 2. The van der Waals surface area contributed by atoms with Gasteiger partial charge in [0.2, 0.25) is 0 Å². The molecule has 156 valence electrons. The second-order valence-electron chi connectivity index (χ2n) is 7.05. The van der Waals surface area contributed by atoms with Crippen LogP contribution in [0.4, 0.5) is 5.69 Å². The van der Waals surface area contributed by atoms with Gasteiger partial charge in [0.1, 0.15) is 17.6 Å². The molecule has 1 amide bonds. The van der Waals surface area contributed by atoms with Crippen molar-refractivity contribution >= 4 is 34.7 Å². The summed E-state index contributed by atoms with van der Waals surface area (Å²) in [4.78, 5) is 32.1. The molecule has 1 fully saturated rings. The van der Waals surface area contributed by atoms with Crippen LogP contribution in [-0.4, -0.2) is 28.9 Å². The minimum absolute atomic E-state index is 0.0764. The Morgan fingerprint density at radius 2 is 1.84 bits per heavy atom. The van der Waals surface area contributed by atoms with E-state index in [9.17, 15) is 14.7 Å². The molecule has 0 saturated carbocycles. The maximum absolute atomic E-state index is 13.2. The number of hydrogen-bond donors (Lipinski definition) is 1. The second kappa shape index (κ2) is 8.24. The van der Waals surface area contributed by atoms with Crippen molar-refractivity contribution in [3.8, 4) is 5.75 Å². The van der Waals surface area contributed by atoms with Gasteiger partial charge in [-0.1, -0.05) is 35.9 Å². The van der Waals surface area contributed by atoms with Crippen LogP contribution in [-0.2, 0) is 9.59 Å². The minimum Gasteiger partial charge on any atom is -0.507 e. The van der Waals surface area contributed by atoms with E-state index in [0.29, 0.717) is 22.2 Å². The Morgan fingerprint density at radius 1 is 1.10 bits per heavy atom. The number of amides is 1. The summed E-state index contributed by atoms with van der Waals surface area (Å²) in [5.74, 6) is -1.60. The summed E-state index contributed by atoms with van der Waals surface area (Å²) in [6.07, 6.45) is 1.58. The van der Waals surface area contributed by atoms with Gasteiger partial charge in [0, 0.05) is 16.9 Å². The lowest BCUT2D eigenvalue weighted by Crippen LogP contribution is -2.30. The minimum atomic E-state index is -0.911. The predicted octanol–water partition coefficient (Wildman–Crippen LogP) is 4.68. The maximum atomic E-state index is 13.2. The summed E-state index contributed by atoms with van der Waals surface area (Å²) in [7, 11) is 1.45. The number of ketones is 1. The number of pyridine rings is 1. The molecule has 0 radical (unpaired) electrons. The number of aryl methyl sites for hydroxylation is 1. The van der Waals surface area contributed by atoms with Crippen LogP contribution in [0, 0.1) is 6.92 Å². The molecule has 1 aromatic heterocycles. The van der Waals surface area contributed by atoms with Crippen LogP contribution >= 0.6 is 11.6 Å². The van der Waals surface area contributed by atoms with Gasteiger partial charge in [-0.2, -0.15) is 0 Å². The quantitative estimate of drug-likeness (QED) is 0.366. The van der Waals surface area contributed by atoms with Crippen molar-refractivity contribution in [3.05, 3.63) is 94.3 Å². The van der Waals surface area contributed by atoms with Crippen LogP contribution in [0.3, 0.4) is 0 Å². The first-order chi connectivity index (χ1) is 14.9. The van der Waals surface area contributed by atoms with E-state index in [-0.39, 0.29) is 16.9 Å². The molecule has 1 unspecified atom stereocenters. The molecular formula is C24H19ClN2O4. The van der Waals surface area contributed by atoms with E-state index in [1.807, 2.05) is 19.1 Å². The van der Waals surface area contributed by atoms with Crippen molar-refractivity contribution in [1.29, 1.82) is 0 Å². The number of benzene rings is 2. The fourth-order valence-electron chi connectivity index (χ4n) is 3.74. The highest BCUT2D eigenvalue weighted by atomic mass is 35.5. The topological polar surface area (TPSA) is 79.7 Å². The summed E-state index contributed by atoms with van der Waals surface area (Å²) in [6, 6.07) is 16.2. The molecule has 2 heterocycles. The summed E-state index contributed by atoms with van der Waals surface area (Å²) < 4.78 is 5.34. The van der Waals surface area contributed by atoms with Gasteiger partial charge in [-0.25, -0.2) is 0 Å². The zero-order valence-electron chi connectivity index (χ0n) is 16.9. The average Bonchev–Trinajstić information content (AvgIpc) is 3.05. The van der Waals surface area contributed by atoms with Crippen molar-refractivity contribution < 1.29 is 19.4 Å². The number of nitrogens with zero attached hydrogens (tertiary/aromatic N) is 2. The molecule has 0 spiro atoms. The largest absolute Gasteiger partial charge is 0.507 e. The number of hydrogen-bond acceptors (Lipinski definition) is 5. The third kappa shape index (κ3) is 3.55. The zero-order valence-corrected chi connectivity index (χ0v) is 17.6. The molecule has 7 heteroatoms. The van der Waals surface area contributed by atoms with E-state index in [0.717, 1.165) is 5.56 Å². The number of para-hydroxylation sites is 1. The first kappa shape index (κ1) is 20.6. The maximum Gasteiger partial charge on any atom is 0.300 e. The predicted molar refractivity (Wildman–Crippen MR) is 118 cm³/mol. The van der Waals surface area contributed by atoms with Crippen molar-refractivity contribution in [2.45, 2.75) is 13.0 Å². The van der Waals surface area contributed by atoms with E-state index in [2.05, 4.69) is 4.98 Å². The Bertz CT molecular complexity index is 1210. The lowest BCUT2D eigenvalue weighted by molar-refractivity contribution is -0.132. The van der Waals surface area contributed by atoms with Crippen LogP contribution in [0.15, 0.2) is 72.4 Å². The van der Waals surface area contributed by atoms with Gasteiger partial charge in [0.25, 0.3) is 11.7 Å². The zero-order chi connectivity index (χ0) is 22.1. The van der Waals surface area contributed by atoms with Crippen molar-refractivity contribution in [1.82, 2.24) is 4.98 Å². The van der Waals surface area contributed by atoms with Gasteiger partial charge in [-0.3, -0.25) is 19.5 Å². The highest BCUT2D eigenvalue weighted by Crippen LogP contribution is 2.43.